The number of carboxylic acid groups (broad SMARTS) is 1. The van der Waals surface area contributed by atoms with Crippen LogP contribution in [0.2, 0.25) is 0 Å². The Labute approximate surface area is 202 Å². The van der Waals surface area contributed by atoms with Crippen LogP contribution in [0.3, 0.4) is 0 Å². The van der Waals surface area contributed by atoms with E-state index in [-0.39, 0.29) is 28.4 Å². The van der Waals surface area contributed by atoms with Crippen molar-refractivity contribution in [1.82, 2.24) is 0 Å². The number of aromatic carboxylic acids is 1. The van der Waals surface area contributed by atoms with Gasteiger partial charge in [-0.25, -0.2) is 4.79 Å². The largest absolute Gasteiger partial charge is 0.505 e. The van der Waals surface area contributed by atoms with Crippen LogP contribution in [0.15, 0.2) is 65.8 Å². The molecule has 5 N–H and O–H groups in total. The number of amides is 1. The van der Waals surface area contributed by atoms with E-state index in [4.69, 9.17) is 5.41 Å². The fourth-order valence-electron chi connectivity index (χ4n) is 4.11. The Hall–Kier alpha value is -4.46. The first-order valence-corrected chi connectivity index (χ1v) is 11.3. The molecule has 0 saturated heterocycles. The van der Waals surface area contributed by atoms with Gasteiger partial charge < -0.3 is 20.9 Å². The molecule has 0 saturated carbocycles. The predicted molar refractivity (Wildman–Crippen MR) is 137 cm³/mol. The molecule has 1 aliphatic carbocycles. The zero-order chi connectivity index (χ0) is 24.9. The van der Waals surface area contributed by atoms with Crippen LogP contribution in [0.1, 0.15) is 41.3 Å². The van der Waals surface area contributed by atoms with E-state index >= 15 is 0 Å². The molecule has 0 radical (unpaired) electrons. The van der Waals surface area contributed by atoms with Crippen molar-refractivity contribution in [2.24, 2.45) is 5.10 Å². The Kier molecular flexibility index (Phi) is 6.91. The van der Waals surface area contributed by atoms with Gasteiger partial charge in [0.25, 0.3) is 5.91 Å². The molecule has 0 unspecified atom stereocenters. The average Bonchev–Trinajstić information content (AvgIpc) is 2.85. The third kappa shape index (κ3) is 5.38. The number of rotatable bonds is 7. The highest BCUT2D eigenvalue weighted by Crippen LogP contribution is 2.35. The molecule has 0 heterocycles. The predicted octanol–water partition coefficient (Wildman–Crippen LogP) is 5.08. The number of nitrogens with one attached hydrogen (secondary N) is 3. The number of aryl methyl sites for hydroxylation is 2. The number of aromatic hydroxyl groups is 1. The van der Waals surface area contributed by atoms with Crippen LogP contribution in [-0.4, -0.2) is 33.5 Å². The van der Waals surface area contributed by atoms with Gasteiger partial charge in [-0.1, -0.05) is 30.3 Å². The second-order valence-electron chi connectivity index (χ2n) is 8.43. The van der Waals surface area contributed by atoms with E-state index in [1.165, 1.54) is 36.6 Å². The molecule has 0 spiro atoms. The summed E-state index contributed by atoms with van der Waals surface area (Å²) in [6.45, 7) is 1.46. The second kappa shape index (κ2) is 10.2. The van der Waals surface area contributed by atoms with Crippen molar-refractivity contribution >= 4 is 34.7 Å². The van der Waals surface area contributed by atoms with Crippen LogP contribution in [-0.2, 0) is 17.6 Å². The maximum atomic E-state index is 12.9. The molecule has 1 amide bonds. The van der Waals surface area contributed by atoms with Gasteiger partial charge in [0, 0.05) is 11.3 Å². The highest BCUT2D eigenvalue weighted by molar-refractivity contribution is 6.67. The number of phenols is 1. The standard InChI is InChI=1S/C27H26N4O4/c1-16(28)24(26(33)29-21-13-12-17-6-2-3-7-18(17)15-21)31-30-23-11-5-10-22(25(23)32)19-8-4-9-20(14-19)27(34)35/h4-5,8-15,28,30,32H,2-3,6-7H2,1H3,(H,29,33)(H,34,35)/b28-16?,31-24-. The van der Waals surface area contributed by atoms with E-state index in [0.29, 0.717) is 16.8 Å². The lowest BCUT2D eigenvalue weighted by molar-refractivity contribution is -0.110. The highest BCUT2D eigenvalue weighted by Gasteiger charge is 2.17. The van der Waals surface area contributed by atoms with Gasteiger partial charge in [-0.05, 0) is 79.6 Å². The number of benzene rings is 3. The van der Waals surface area contributed by atoms with E-state index in [1.54, 1.807) is 30.3 Å². The summed E-state index contributed by atoms with van der Waals surface area (Å²) in [6, 6.07) is 17.0. The quantitative estimate of drug-likeness (QED) is 0.186. The van der Waals surface area contributed by atoms with E-state index in [0.717, 1.165) is 19.3 Å². The average molecular weight is 471 g/mol. The van der Waals surface area contributed by atoms with Crippen molar-refractivity contribution in [3.05, 3.63) is 77.4 Å². The molecule has 4 rings (SSSR count). The fraction of sp³-hybridized carbons (Fsp3) is 0.185. The van der Waals surface area contributed by atoms with Crippen molar-refractivity contribution in [1.29, 1.82) is 5.41 Å². The molecule has 0 atom stereocenters. The smallest absolute Gasteiger partial charge is 0.335 e. The molecule has 0 fully saturated rings. The van der Waals surface area contributed by atoms with Crippen molar-refractivity contribution in [2.75, 3.05) is 10.7 Å². The van der Waals surface area contributed by atoms with E-state index in [1.807, 2.05) is 18.2 Å². The highest BCUT2D eigenvalue weighted by atomic mass is 16.4. The van der Waals surface area contributed by atoms with E-state index < -0.39 is 11.9 Å². The number of hydrogen-bond donors (Lipinski definition) is 5. The Morgan fingerprint density at radius 3 is 2.46 bits per heavy atom. The molecule has 0 aliphatic heterocycles. The van der Waals surface area contributed by atoms with Gasteiger partial charge >= 0.3 is 5.97 Å². The summed E-state index contributed by atoms with van der Waals surface area (Å²) in [6.07, 6.45) is 4.33. The Balaban J connectivity index is 1.56. The number of para-hydroxylation sites is 1. The molecule has 8 nitrogen and oxygen atoms in total. The summed E-state index contributed by atoms with van der Waals surface area (Å²) in [7, 11) is 0. The topological polar surface area (TPSA) is 135 Å². The zero-order valence-electron chi connectivity index (χ0n) is 19.3. The third-order valence-electron chi connectivity index (χ3n) is 5.92. The van der Waals surface area contributed by atoms with Gasteiger partial charge in [-0.15, -0.1) is 0 Å². The van der Waals surface area contributed by atoms with Crippen molar-refractivity contribution in [3.8, 4) is 16.9 Å². The molecule has 3 aromatic carbocycles. The number of hydrogen-bond acceptors (Lipinski definition) is 6. The van der Waals surface area contributed by atoms with Crippen LogP contribution >= 0.6 is 0 Å². The lowest BCUT2D eigenvalue weighted by Crippen LogP contribution is -2.29. The molecule has 0 aromatic heterocycles. The molecular weight excluding hydrogens is 444 g/mol. The molecule has 1 aliphatic rings. The minimum Gasteiger partial charge on any atom is -0.505 e. The first-order valence-electron chi connectivity index (χ1n) is 11.3. The normalized spacial score (nSPS) is 13.0. The van der Waals surface area contributed by atoms with Crippen molar-refractivity contribution in [3.63, 3.8) is 0 Å². The van der Waals surface area contributed by atoms with Crippen molar-refractivity contribution < 1.29 is 19.8 Å². The number of nitrogens with zero attached hydrogens (tertiary/aromatic N) is 1. The number of hydrazone groups is 1. The first kappa shape index (κ1) is 23.7. The Morgan fingerprint density at radius 2 is 1.71 bits per heavy atom. The molecule has 0 bridgehead atoms. The van der Waals surface area contributed by atoms with Crippen LogP contribution in [0.4, 0.5) is 11.4 Å². The van der Waals surface area contributed by atoms with Gasteiger partial charge in [0.1, 0.15) is 5.75 Å². The second-order valence-corrected chi connectivity index (χ2v) is 8.43. The Morgan fingerprint density at radius 1 is 0.971 bits per heavy atom. The van der Waals surface area contributed by atoms with Crippen molar-refractivity contribution in [2.45, 2.75) is 32.6 Å². The lowest BCUT2D eigenvalue weighted by Gasteiger charge is -2.17. The third-order valence-corrected chi connectivity index (χ3v) is 5.92. The van der Waals surface area contributed by atoms with Crippen LogP contribution in [0.5, 0.6) is 5.75 Å². The minimum atomic E-state index is -1.07. The molecule has 178 valence electrons. The van der Waals surface area contributed by atoms with Crippen LogP contribution < -0.4 is 10.7 Å². The fourth-order valence-corrected chi connectivity index (χ4v) is 4.11. The van der Waals surface area contributed by atoms with Gasteiger partial charge in [-0.3, -0.25) is 10.2 Å². The molecule has 8 heteroatoms. The molecule has 35 heavy (non-hydrogen) atoms. The van der Waals surface area contributed by atoms with Gasteiger partial charge in [0.15, 0.2) is 5.71 Å². The summed E-state index contributed by atoms with van der Waals surface area (Å²) < 4.78 is 0. The van der Waals surface area contributed by atoms with Gasteiger partial charge in [-0.2, -0.15) is 5.10 Å². The summed E-state index contributed by atoms with van der Waals surface area (Å²) in [5.41, 5.74) is 6.91. The number of carboxylic acids is 1. The van der Waals surface area contributed by atoms with Crippen LogP contribution in [0.25, 0.3) is 11.1 Å². The number of anilines is 2. The summed E-state index contributed by atoms with van der Waals surface area (Å²) >= 11 is 0. The summed E-state index contributed by atoms with van der Waals surface area (Å²) in [5.74, 6) is -1.76. The number of fused-ring (bicyclic) bond motifs is 1. The number of phenolic OH excluding ortho intramolecular Hbond substituents is 1. The maximum absolute atomic E-state index is 12.9. The summed E-state index contributed by atoms with van der Waals surface area (Å²) in [4.78, 5) is 24.2. The number of carbonyl (C=O) groups is 2. The minimum absolute atomic E-state index is 0.0437. The van der Waals surface area contributed by atoms with Crippen LogP contribution in [0, 0.1) is 5.41 Å². The zero-order valence-corrected chi connectivity index (χ0v) is 19.3. The maximum Gasteiger partial charge on any atom is 0.335 e. The first-order chi connectivity index (χ1) is 16.8. The van der Waals surface area contributed by atoms with Gasteiger partial charge in [0.2, 0.25) is 0 Å². The summed E-state index contributed by atoms with van der Waals surface area (Å²) in [5, 5.41) is 34.9. The number of carbonyl (C=O) groups excluding carboxylic acids is 1. The molecular formula is C27H26N4O4. The van der Waals surface area contributed by atoms with E-state index in [9.17, 15) is 19.8 Å². The monoisotopic (exact) mass is 470 g/mol. The van der Waals surface area contributed by atoms with Gasteiger partial charge in [0.05, 0.1) is 17.0 Å². The SMILES string of the molecule is CC(=N)/C(=N/Nc1cccc(-c2cccc(C(=O)O)c2)c1O)C(=O)Nc1ccc2c(c1)CCCC2. The van der Waals surface area contributed by atoms with E-state index in [2.05, 4.69) is 15.8 Å². The molecule has 3 aromatic rings. The lowest BCUT2D eigenvalue weighted by atomic mass is 9.91. The Bertz CT molecular complexity index is 1350.